The third-order valence-corrected chi connectivity index (χ3v) is 4.16. The summed E-state index contributed by atoms with van der Waals surface area (Å²) in [6, 6.07) is 0. The molecule has 2 atom stereocenters. The maximum absolute atomic E-state index is 11.4. The van der Waals surface area contributed by atoms with E-state index in [0.717, 1.165) is 11.8 Å². The molecule has 2 bridgehead atoms. The first kappa shape index (κ1) is 11.9. The molecule has 0 aromatic rings. The lowest BCUT2D eigenvalue weighted by Crippen LogP contribution is -2.30. The van der Waals surface area contributed by atoms with Crippen LogP contribution in [-0.4, -0.2) is 12.6 Å². The number of carbonyl (C=O) groups is 1. The second-order valence-electron chi connectivity index (χ2n) is 6.02. The highest BCUT2D eigenvalue weighted by Gasteiger charge is 2.32. The Morgan fingerprint density at radius 2 is 1.81 bits per heavy atom. The van der Waals surface area contributed by atoms with Gasteiger partial charge in [-0.05, 0) is 37.0 Å². The van der Waals surface area contributed by atoms with Crippen LogP contribution in [-0.2, 0) is 9.53 Å². The lowest BCUT2D eigenvalue weighted by molar-refractivity contribution is -0.149. The largest absolute Gasteiger partial charge is 0.465 e. The first-order valence-corrected chi connectivity index (χ1v) is 6.81. The van der Waals surface area contributed by atoms with Crippen LogP contribution in [0.2, 0.25) is 0 Å². The molecule has 2 aliphatic rings. The molecule has 2 rings (SSSR count). The number of hydrogen-bond donors (Lipinski definition) is 0. The molecule has 0 amide bonds. The normalized spacial score (nSPS) is 33.8. The van der Waals surface area contributed by atoms with Gasteiger partial charge >= 0.3 is 5.97 Å². The smallest absolute Gasteiger partial charge is 0.308 e. The lowest BCUT2D eigenvalue weighted by Gasteiger charge is -2.38. The maximum atomic E-state index is 11.4. The van der Waals surface area contributed by atoms with Crippen molar-refractivity contribution in [3.05, 3.63) is 0 Å². The SMILES string of the molecule is CC(C)C(=O)OCC1CC2CCCC(C2)C1. The summed E-state index contributed by atoms with van der Waals surface area (Å²) >= 11 is 0. The van der Waals surface area contributed by atoms with Crippen LogP contribution < -0.4 is 0 Å². The lowest BCUT2D eigenvalue weighted by atomic mass is 9.68. The zero-order valence-electron chi connectivity index (χ0n) is 10.6. The standard InChI is InChI=1S/C14H24O2/c1-10(2)14(15)16-9-13-7-11-4-3-5-12(6-11)8-13/h10-13H,3-9H2,1-2H3. The minimum Gasteiger partial charge on any atom is -0.465 e. The zero-order chi connectivity index (χ0) is 11.5. The molecule has 2 fully saturated rings. The molecule has 2 aliphatic carbocycles. The van der Waals surface area contributed by atoms with E-state index in [0.29, 0.717) is 12.5 Å². The number of fused-ring (bicyclic) bond motifs is 2. The summed E-state index contributed by atoms with van der Waals surface area (Å²) in [5.41, 5.74) is 0. The highest BCUT2D eigenvalue weighted by atomic mass is 16.5. The van der Waals surface area contributed by atoms with Crippen molar-refractivity contribution in [3.8, 4) is 0 Å². The monoisotopic (exact) mass is 224 g/mol. The molecule has 2 nitrogen and oxygen atoms in total. The fraction of sp³-hybridized carbons (Fsp3) is 0.929. The highest BCUT2D eigenvalue weighted by molar-refractivity contribution is 5.71. The van der Waals surface area contributed by atoms with Gasteiger partial charge in [-0.25, -0.2) is 0 Å². The van der Waals surface area contributed by atoms with Gasteiger partial charge in [0.2, 0.25) is 0 Å². The summed E-state index contributed by atoms with van der Waals surface area (Å²) in [6.45, 7) is 4.47. The minimum atomic E-state index is -0.0317. The van der Waals surface area contributed by atoms with Gasteiger partial charge in [-0.15, -0.1) is 0 Å². The Bertz CT molecular complexity index is 235. The van der Waals surface area contributed by atoms with E-state index in [1.807, 2.05) is 13.8 Å². The Labute approximate surface area is 98.7 Å². The first-order valence-electron chi connectivity index (χ1n) is 6.81. The Balaban J connectivity index is 1.76. The van der Waals surface area contributed by atoms with E-state index >= 15 is 0 Å². The summed E-state index contributed by atoms with van der Waals surface area (Å²) < 4.78 is 5.37. The summed E-state index contributed by atoms with van der Waals surface area (Å²) in [5, 5.41) is 0. The quantitative estimate of drug-likeness (QED) is 0.687. The van der Waals surface area contributed by atoms with Crippen LogP contribution in [0.4, 0.5) is 0 Å². The molecule has 0 aromatic heterocycles. The van der Waals surface area contributed by atoms with Crippen molar-refractivity contribution >= 4 is 5.97 Å². The topological polar surface area (TPSA) is 26.3 Å². The van der Waals surface area contributed by atoms with Gasteiger partial charge in [0.25, 0.3) is 0 Å². The van der Waals surface area contributed by atoms with Gasteiger partial charge in [-0.2, -0.15) is 0 Å². The molecule has 2 heteroatoms. The van der Waals surface area contributed by atoms with Crippen molar-refractivity contribution in [2.24, 2.45) is 23.7 Å². The Kier molecular flexibility index (Phi) is 3.88. The predicted octanol–water partition coefficient (Wildman–Crippen LogP) is 3.40. The molecule has 0 radical (unpaired) electrons. The first-order chi connectivity index (χ1) is 7.65. The van der Waals surface area contributed by atoms with E-state index < -0.39 is 0 Å². The van der Waals surface area contributed by atoms with Gasteiger partial charge in [0, 0.05) is 0 Å². The zero-order valence-corrected chi connectivity index (χ0v) is 10.6. The van der Waals surface area contributed by atoms with Crippen molar-refractivity contribution in [1.29, 1.82) is 0 Å². The summed E-state index contributed by atoms with van der Waals surface area (Å²) in [6.07, 6.45) is 8.27. The van der Waals surface area contributed by atoms with Gasteiger partial charge in [-0.1, -0.05) is 33.1 Å². The summed E-state index contributed by atoms with van der Waals surface area (Å²) in [4.78, 5) is 11.4. The number of hydrogen-bond acceptors (Lipinski definition) is 2. The molecule has 0 N–H and O–H groups in total. The third-order valence-electron chi connectivity index (χ3n) is 4.16. The molecular formula is C14H24O2. The second kappa shape index (κ2) is 5.20. The Morgan fingerprint density at radius 3 is 2.38 bits per heavy atom. The van der Waals surface area contributed by atoms with Crippen LogP contribution in [0.25, 0.3) is 0 Å². The van der Waals surface area contributed by atoms with Crippen molar-refractivity contribution < 1.29 is 9.53 Å². The van der Waals surface area contributed by atoms with Crippen LogP contribution in [0.1, 0.15) is 52.4 Å². The van der Waals surface area contributed by atoms with Gasteiger partial charge < -0.3 is 4.74 Å². The Hall–Kier alpha value is -0.530. The molecule has 2 unspecified atom stereocenters. The van der Waals surface area contributed by atoms with E-state index in [2.05, 4.69) is 0 Å². The predicted molar refractivity (Wildman–Crippen MR) is 64.0 cm³/mol. The van der Waals surface area contributed by atoms with Crippen molar-refractivity contribution in [2.45, 2.75) is 52.4 Å². The molecule has 92 valence electrons. The molecular weight excluding hydrogens is 200 g/mol. The number of esters is 1. The van der Waals surface area contributed by atoms with Gasteiger partial charge in [-0.3, -0.25) is 4.79 Å². The van der Waals surface area contributed by atoms with Crippen molar-refractivity contribution in [2.75, 3.05) is 6.61 Å². The van der Waals surface area contributed by atoms with E-state index in [4.69, 9.17) is 4.74 Å². The third kappa shape index (κ3) is 2.99. The molecule has 0 aromatic carbocycles. The summed E-state index contributed by atoms with van der Waals surface area (Å²) in [5.74, 6) is 2.48. The molecule has 0 spiro atoms. The fourth-order valence-corrected chi connectivity index (χ4v) is 3.37. The highest BCUT2D eigenvalue weighted by Crippen LogP contribution is 2.42. The van der Waals surface area contributed by atoms with Crippen LogP contribution in [0.3, 0.4) is 0 Å². The van der Waals surface area contributed by atoms with Crippen LogP contribution in [0.5, 0.6) is 0 Å². The van der Waals surface area contributed by atoms with Crippen molar-refractivity contribution in [1.82, 2.24) is 0 Å². The van der Waals surface area contributed by atoms with Gasteiger partial charge in [0.05, 0.1) is 12.5 Å². The van der Waals surface area contributed by atoms with E-state index in [1.54, 1.807) is 0 Å². The van der Waals surface area contributed by atoms with E-state index in [1.165, 1.54) is 38.5 Å². The van der Waals surface area contributed by atoms with Gasteiger partial charge in [0.1, 0.15) is 0 Å². The molecule has 0 saturated heterocycles. The van der Waals surface area contributed by atoms with E-state index in [9.17, 15) is 4.79 Å². The molecule has 16 heavy (non-hydrogen) atoms. The average molecular weight is 224 g/mol. The van der Waals surface area contributed by atoms with E-state index in [-0.39, 0.29) is 11.9 Å². The summed E-state index contributed by atoms with van der Waals surface area (Å²) in [7, 11) is 0. The van der Waals surface area contributed by atoms with Crippen LogP contribution in [0.15, 0.2) is 0 Å². The Morgan fingerprint density at radius 1 is 1.19 bits per heavy atom. The van der Waals surface area contributed by atoms with Crippen LogP contribution >= 0.6 is 0 Å². The number of ether oxygens (including phenoxy) is 1. The minimum absolute atomic E-state index is 0.0168. The second-order valence-corrected chi connectivity index (χ2v) is 6.02. The van der Waals surface area contributed by atoms with Gasteiger partial charge in [0.15, 0.2) is 0 Å². The molecule has 0 heterocycles. The molecule has 2 saturated carbocycles. The average Bonchev–Trinajstić information content (AvgIpc) is 2.25. The number of carbonyl (C=O) groups excluding carboxylic acids is 1. The van der Waals surface area contributed by atoms with Crippen molar-refractivity contribution in [3.63, 3.8) is 0 Å². The molecule has 0 aliphatic heterocycles. The number of rotatable bonds is 3. The maximum Gasteiger partial charge on any atom is 0.308 e. The van der Waals surface area contributed by atoms with Crippen LogP contribution in [0, 0.1) is 23.7 Å². The fourth-order valence-electron chi connectivity index (χ4n) is 3.37.